The average Bonchev–Trinajstić information content (AvgIpc) is 2.16. The van der Waals surface area contributed by atoms with Crippen molar-refractivity contribution in [2.45, 2.75) is 46.6 Å². The van der Waals surface area contributed by atoms with Gasteiger partial charge in [-0.2, -0.15) is 0 Å². The normalized spacial score (nSPS) is 15.8. The lowest BCUT2D eigenvalue weighted by atomic mass is 9.83. The number of hydrogen-bond acceptors (Lipinski definition) is 3. The van der Waals surface area contributed by atoms with Crippen LogP contribution < -0.4 is 0 Å². The van der Waals surface area contributed by atoms with E-state index in [1.165, 1.54) is 6.33 Å². The molecule has 1 aromatic rings. The Balaban J connectivity index is 2.49. The Bertz CT molecular complexity index is 305. The van der Waals surface area contributed by atoms with Gasteiger partial charge in [-0.1, -0.05) is 27.7 Å². The molecule has 3 nitrogen and oxygen atoms in total. The van der Waals surface area contributed by atoms with Gasteiger partial charge in [-0.3, -0.25) is 0 Å². The van der Waals surface area contributed by atoms with E-state index in [4.69, 9.17) is 0 Å². The van der Waals surface area contributed by atoms with Gasteiger partial charge in [0, 0.05) is 18.0 Å². The molecule has 0 aliphatic carbocycles. The summed E-state index contributed by atoms with van der Waals surface area (Å²) < 4.78 is 0. The van der Waals surface area contributed by atoms with Crippen molar-refractivity contribution in [1.82, 2.24) is 9.97 Å². The van der Waals surface area contributed by atoms with Gasteiger partial charge in [0.1, 0.15) is 6.33 Å². The third kappa shape index (κ3) is 4.71. The zero-order valence-electron chi connectivity index (χ0n) is 10.6. The number of hydrogen-bond donors (Lipinski definition) is 1. The fraction of sp³-hybridized carbons (Fsp3) is 0.692. The van der Waals surface area contributed by atoms with Crippen LogP contribution in [0.15, 0.2) is 18.7 Å². The Kier molecular flexibility index (Phi) is 4.42. The van der Waals surface area contributed by atoms with E-state index in [0.717, 1.165) is 18.4 Å². The molecule has 1 rings (SSSR count). The highest BCUT2D eigenvalue weighted by molar-refractivity contribution is 5.06. The summed E-state index contributed by atoms with van der Waals surface area (Å²) in [6.45, 7) is 8.85. The second kappa shape index (κ2) is 5.39. The monoisotopic (exact) mass is 222 g/mol. The lowest BCUT2D eigenvalue weighted by molar-refractivity contribution is 0.133. The first-order valence-electron chi connectivity index (χ1n) is 5.81. The Labute approximate surface area is 97.9 Å². The van der Waals surface area contributed by atoms with Crippen molar-refractivity contribution in [1.29, 1.82) is 0 Å². The maximum absolute atomic E-state index is 10.0. The largest absolute Gasteiger partial charge is 0.388 e. The molecule has 0 saturated heterocycles. The van der Waals surface area contributed by atoms with Gasteiger partial charge in [0.05, 0.1) is 6.10 Å². The van der Waals surface area contributed by atoms with Crippen LogP contribution in [-0.2, 0) is 0 Å². The van der Waals surface area contributed by atoms with Crippen molar-refractivity contribution >= 4 is 0 Å². The summed E-state index contributed by atoms with van der Waals surface area (Å²) in [5, 5.41) is 10.0. The predicted octanol–water partition coefficient (Wildman–Crippen LogP) is 2.97. The van der Waals surface area contributed by atoms with Gasteiger partial charge < -0.3 is 5.11 Å². The topological polar surface area (TPSA) is 46.0 Å². The van der Waals surface area contributed by atoms with Crippen LogP contribution in [0.25, 0.3) is 0 Å². The first-order valence-corrected chi connectivity index (χ1v) is 5.81. The second-order valence-corrected chi connectivity index (χ2v) is 5.79. The van der Waals surface area contributed by atoms with E-state index in [1.54, 1.807) is 12.4 Å². The molecule has 0 aliphatic rings. The van der Waals surface area contributed by atoms with Crippen molar-refractivity contribution in [3.8, 4) is 0 Å². The van der Waals surface area contributed by atoms with Gasteiger partial charge in [0.15, 0.2) is 0 Å². The minimum Gasteiger partial charge on any atom is -0.388 e. The van der Waals surface area contributed by atoms with E-state index in [0.29, 0.717) is 11.3 Å². The first kappa shape index (κ1) is 13.1. The molecule has 2 atom stereocenters. The molecule has 2 unspecified atom stereocenters. The summed E-state index contributed by atoms with van der Waals surface area (Å²) in [7, 11) is 0. The highest BCUT2D eigenvalue weighted by Gasteiger charge is 2.19. The van der Waals surface area contributed by atoms with Gasteiger partial charge in [0.2, 0.25) is 0 Å². The van der Waals surface area contributed by atoms with E-state index in [1.807, 2.05) is 0 Å². The van der Waals surface area contributed by atoms with Crippen LogP contribution in [0, 0.1) is 11.3 Å². The minimum absolute atomic E-state index is 0.312. The summed E-state index contributed by atoms with van der Waals surface area (Å²) >= 11 is 0. The predicted molar refractivity (Wildman–Crippen MR) is 64.8 cm³/mol. The molecule has 0 aliphatic heterocycles. The average molecular weight is 222 g/mol. The molecule has 0 amide bonds. The van der Waals surface area contributed by atoms with Crippen LogP contribution in [0.4, 0.5) is 0 Å². The number of aliphatic hydroxyl groups excluding tert-OH is 1. The lowest BCUT2D eigenvalue weighted by Crippen LogP contribution is -2.13. The zero-order chi connectivity index (χ0) is 12.2. The van der Waals surface area contributed by atoms with Crippen LogP contribution in [-0.4, -0.2) is 15.1 Å². The molecule has 0 radical (unpaired) electrons. The van der Waals surface area contributed by atoms with Gasteiger partial charge in [0.25, 0.3) is 0 Å². The lowest BCUT2D eigenvalue weighted by Gasteiger charge is -2.24. The summed E-state index contributed by atoms with van der Waals surface area (Å²) in [6, 6.07) is 0. The maximum atomic E-state index is 10.0. The van der Waals surface area contributed by atoms with Crippen LogP contribution in [0.3, 0.4) is 0 Å². The Morgan fingerprint density at radius 2 is 1.81 bits per heavy atom. The van der Waals surface area contributed by atoms with E-state index >= 15 is 0 Å². The van der Waals surface area contributed by atoms with Crippen LogP contribution in [0.1, 0.15) is 52.2 Å². The standard InChI is InChI=1S/C13H22N2O/c1-10(6-13(2,3)4)5-12(16)11-7-14-9-15-8-11/h7-10,12,16H,5-6H2,1-4H3. The minimum atomic E-state index is -0.446. The third-order valence-electron chi connectivity index (χ3n) is 2.55. The highest BCUT2D eigenvalue weighted by atomic mass is 16.3. The fourth-order valence-electron chi connectivity index (χ4n) is 2.13. The van der Waals surface area contributed by atoms with Crippen LogP contribution >= 0.6 is 0 Å². The molecular weight excluding hydrogens is 200 g/mol. The molecular formula is C13H22N2O. The highest BCUT2D eigenvalue weighted by Crippen LogP contribution is 2.29. The van der Waals surface area contributed by atoms with Crippen LogP contribution in [0.5, 0.6) is 0 Å². The molecule has 3 heteroatoms. The summed E-state index contributed by atoms with van der Waals surface area (Å²) in [6.07, 6.45) is 6.28. The molecule has 1 heterocycles. The van der Waals surface area contributed by atoms with Crippen LogP contribution in [0.2, 0.25) is 0 Å². The Hall–Kier alpha value is -0.960. The number of aliphatic hydroxyl groups is 1. The first-order chi connectivity index (χ1) is 7.38. The van der Waals surface area contributed by atoms with Crippen molar-refractivity contribution in [3.63, 3.8) is 0 Å². The van der Waals surface area contributed by atoms with E-state index < -0.39 is 6.10 Å². The Morgan fingerprint density at radius 1 is 1.25 bits per heavy atom. The summed E-state index contributed by atoms with van der Waals surface area (Å²) in [5.41, 5.74) is 1.12. The summed E-state index contributed by atoms with van der Waals surface area (Å²) in [4.78, 5) is 7.83. The molecule has 0 aromatic carbocycles. The van der Waals surface area contributed by atoms with Crippen molar-refractivity contribution in [3.05, 3.63) is 24.3 Å². The molecule has 0 fully saturated rings. The van der Waals surface area contributed by atoms with Gasteiger partial charge in [-0.05, 0) is 24.2 Å². The quantitative estimate of drug-likeness (QED) is 0.852. The molecule has 1 aromatic heterocycles. The molecule has 0 saturated carbocycles. The van der Waals surface area contributed by atoms with Crippen molar-refractivity contribution < 1.29 is 5.11 Å². The van der Waals surface area contributed by atoms with Crippen molar-refractivity contribution in [2.24, 2.45) is 11.3 Å². The van der Waals surface area contributed by atoms with E-state index in [9.17, 15) is 5.11 Å². The zero-order valence-corrected chi connectivity index (χ0v) is 10.6. The van der Waals surface area contributed by atoms with Gasteiger partial charge in [-0.15, -0.1) is 0 Å². The molecule has 1 N–H and O–H groups in total. The Morgan fingerprint density at radius 3 is 2.31 bits per heavy atom. The number of rotatable bonds is 4. The number of nitrogens with zero attached hydrogens (tertiary/aromatic N) is 2. The van der Waals surface area contributed by atoms with Crippen molar-refractivity contribution in [2.75, 3.05) is 0 Å². The fourth-order valence-corrected chi connectivity index (χ4v) is 2.13. The number of aromatic nitrogens is 2. The molecule has 16 heavy (non-hydrogen) atoms. The maximum Gasteiger partial charge on any atom is 0.115 e. The van der Waals surface area contributed by atoms with Gasteiger partial charge in [-0.25, -0.2) is 9.97 Å². The molecule has 0 bridgehead atoms. The smallest absolute Gasteiger partial charge is 0.115 e. The van der Waals surface area contributed by atoms with E-state index in [2.05, 4.69) is 37.7 Å². The van der Waals surface area contributed by atoms with Gasteiger partial charge >= 0.3 is 0 Å². The third-order valence-corrected chi connectivity index (χ3v) is 2.55. The molecule has 90 valence electrons. The second-order valence-electron chi connectivity index (χ2n) is 5.79. The summed E-state index contributed by atoms with van der Waals surface area (Å²) in [5.74, 6) is 0.496. The van der Waals surface area contributed by atoms with E-state index in [-0.39, 0.29) is 0 Å². The SMILES string of the molecule is CC(CC(O)c1cncnc1)CC(C)(C)C. The molecule has 0 spiro atoms.